The normalized spacial score (nSPS) is 18.4. The molecule has 0 saturated carbocycles. The Balaban J connectivity index is 1.82. The van der Waals surface area contributed by atoms with Crippen molar-refractivity contribution in [1.29, 1.82) is 0 Å². The molecular formula is C16H16BrClN2O3S2. The third-order valence-corrected chi connectivity index (χ3v) is 8.26. The first-order chi connectivity index (χ1) is 11.8. The molecule has 1 aliphatic heterocycles. The molecule has 5 nitrogen and oxygen atoms in total. The molecule has 1 atom stereocenters. The first-order valence-electron chi connectivity index (χ1n) is 7.63. The molecule has 1 aliphatic rings. The summed E-state index contributed by atoms with van der Waals surface area (Å²) in [4.78, 5) is 12.7. The van der Waals surface area contributed by atoms with Crippen LogP contribution in [-0.2, 0) is 14.8 Å². The minimum absolute atomic E-state index is 0.161. The van der Waals surface area contributed by atoms with Crippen LogP contribution in [0.1, 0.15) is 18.4 Å². The number of rotatable bonds is 4. The Kier molecular flexibility index (Phi) is 5.55. The Morgan fingerprint density at radius 2 is 2.12 bits per heavy atom. The van der Waals surface area contributed by atoms with Gasteiger partial charge in [-0.3, -0.25) is 4.79 Å². The summed E-state index contributed by atoms with van der Waals surface area (Å²) in [6.45, 7) is 2.28. The highest BCUT2D eigenvalue weighted by atomic mass is 79.9. The van der Waals surface area contributed by atoms with Gasteiger partial charge in [-0.1, -0.05) is 17.7 Å². The number of halogens is 2. The van der Waals surface area contributed by atoms with Crippen LogP contribution < -0.4 is 5.32 Å². The highest BCUT2D eigenvalue weighted by Gasteiger charge is 2.40. The number of hydrogen-bond donors (Lipinski definition) is 1. The Morgan fingerprint density at radius 1 is 1.36 bits per heavy atom. The molecule has 2 heterocycles. The number of hydrogen-bond acceptors (Lipinski definition) is 4. The van der Waals surface area contributed by atoms with Crippen molar-refractivity contribution >= 4 is 60.5 Å². The van der Waals surface area contributed by atoms with Crippen LogP contribution in [0.2, 0.25) is 4.34 Å². The largest absolute Gasteiger partial charge is 0.324 e. The van der Waals surface area contributed by atoms with E-state index in [0.29, 0.717) is 29.4 Å². The highest BCUT2D eigenvalue weighted by molar-refractivity contribution is 9.10. The van der Waals surface area contributed by atoms with Gasteiger partial charge < -0.3 is 5.32 Å². The van der Waals surface area contributed by atoms with E-state index in [1.54, 1.807) is 12.1 Å². The lowest BCUT2D eigenvalue weighted by Crippen LogP contribution is -2.42. The maximum Gasteiger partial charge on any atom is 0.253 e. The van der Waals surface area contributed by atoms with Crippen molar-refractivity contribution in [1.82, 2.24) is 4.31 Å². The summed E-state index contributed by atoms with van der Waals surface area (Å²) < 4.78 is 28.2. The maximum absolute atomic E-state index is 12.8. The van der Waals surface area contributed by atoms with Gasteiger partial charge in [-0.05, 0) is 65.5 Å². The fraction of sp³-hybridized carbons (Fsp3) is 0.312. The van der Waals surface area contributed by atoms with Crippen molar-refractivity contribution in [3.63, 3.8) is 0 Å². The molecule has 9 heteroatoms. The molecule has 1 amide bonds. The summed E-state index contributed by atoms with van der Waals surface area (Å²) in [6.07, 6.45) is 1.14. The minimum Gasteiger partial charge on any atom is -0.324 e. The first kappa shape index (κ1) is 18.8. The SMILES string of the molecule is Cc1ccc(NC(=O)[C@@H]2CCCN2S(=O)(=O)c2ccc(Cl)s2)c(Br)c1. The second-order valence-electron chi connectivity index (χ2n) is 5.80. The van der Waals surface area contributed by atoms with Gasteiger partial charge >= 0.3 is 0 Å². The highest BCUT2D eigenvalue weighted by Crippen LogP contribution is 2.33. The van der Waals surface area contributed by atoms with E-state index >= 15 is 0 Å². The molecule has 0 bridgehead atoms. The van der Waals surface area contributed by atoms with Gasteiger partial charge in [0.25, 0.3) is 10.0 Å². The van der Waals surface area contributed by atoms with Crippen LogP contribution in [-0.4, -0.2) is 31.2 Å². The molecule has 134 valence electrons. The third-order valence-electron chi connectivity index (χ3n) is 4.00. The molecule has 1 aromatic carbocycles. The van der Waals surface area contributed by atoms with Crippen LogP contribution in [0.3, 0.4) is 0 Å². The van der Waals surface area contributed by atoms with E-state index in [2.05, 4.69) is 21.2 Å². The van der Waals surface area contributed by atoms with Gasteiger partial charge in [0.1, 0.15) is 10.3 Å². The molecular weight excluding hydrogens is 448 g/mol. The van der Waals surface area contributed by atoms with Crippen LogP contribution in [0.15, 0.2) is 39.0 Å². The van der Waals surface area contributed by atoms with Crippen molar-refractivity contribution < 1.29 is 13.2 Å². The molecule has 1 fully saturated rings. The molecule has 0 aliphatic carbocycles. The molecule has 0 radical (unpaired) electrons. The van der Waals surface area contributed by atoms with Crippen molar-refractivity contribution in [2.75, 3.05) is 11.9 Å². The number of aryl methyl sites for hydroxylation is 1. The summed E-state index contributed by atoms with van der Waals surface area (Å²) in [5, 5.41) is 2.82. The Hall–Kier alpha value is -0.930. The van der Waals surface area contributed by atoms with E-state index in [4.69, 9.17) is 11.6 Å². The molecule has 1 N–H and O–H groups in total. The number of amides is 1. The fourth-order valence-electron chi connectivity index (χ4n) is 2.78. The number of carbonyl (C=O) groups excluding carboxylic acids is 1. The lowest BCUT2D eigenvalue weighted by molar-refractivity contribution is -0.119. The lowest BCUT2D eigenvalue weighted by Gasteiger charge is -2.23. The number of thiophene rings is 1. The van der Waals surface area contributed by atoms with E-state index in [1.165, 1.54) is 10.4 Å². The molecule has 0 unspecified atom stereocenters. The number of benzene rings is 1. The predicted octanol–water partition coefficient (Wildman–Crippen LogP) is 4.26. The van der Waals surface area contributed by atoms with Gasteiger partial charge in [-0.2, -0.15) is 4.31 Å². The summed E-state index contributed by atoms with van der Waals surface area (Å²) in [5.41, 5.74) is 1.68. The van der Waals surface area contributed by atoms with E-state index in [0.717, 1.165) is 21.4 Å². The smallest absolute Gasteiger partial charge is 0.253 e. The van der Waals surface area contributed by atoms with Crippen molar-refractivity contribution in [3.8, 4) is 0 Å². The maximum atomic E-state index is 12.8. The Morgan fingerprint density at radius 3 is 2.76 bits per heavy atom. The quantitative estimate of drug-likeness (QED) is 0.736. The fourth-order valence-corrected chi connectivity index (χ4v) is 6.64. The number of carbonyl (C=O) groups is 1. The molecule has 0 spiro atoms. The summed E-state index contributed by atoms with van der Waals surface area (Å²) in [7, 11) is -3.73. The topological polar surface area (TPSA) is 66.5 Å². The summed E-state index contributed by atoms with van der Waals surface area (Å²) >= 11 is 10.3. The van der Waals surface area contributed by atoms with Gasteiger partial charge in [-0.15, -0.1) is 11.3 Å². The van der Waals surface area contributed by atoms with Gasteiger partial charge in [0.2, 0.25) is 5.91 Å². The van der Waals surface area contributed by atoms with Crippen LogP contribution in [0.25, 0.3) is 0 Å². The lowest BCUT2D eigenvalue weighted by atomic mass is 10.2. The molecule has 2 aromatic rings. The van der Waals surface area contributed by atoms with Crippen molar-refractivity contribution in [2.24, 2.45) is 0 Å². The second-order valence-corrected chi connectivity index (χ2v) is 10.5. The van der Waals surface area contributed by atoms with Crippen LogP contribution in [0.4, 0.5) is 5.69 Å². The molecule has 3 rings (SSSR count). The van der Waals surface area contributed by atoms with Crippen LogP contribution >= 0.6 is 38.9 Å². The monoisotopic (exact) mass is 462 g/mol. The summed E-state index contributed by atoms with van der Waals surface area (Å²) in [5.74, 6) is -0.326. The van der Waals surface area contributed by atoms with Gasteiger partial charge in [-0.25, -0.2) is 8.42 Å². The van der Waals surface area contributed by atoms with E-state index in [1.807, 2.05) is 19.1 Å². The standard InChI is InChI=1S/C16H16BrClN2O3S2/c1-10-4-5-12(11(17)9-10)19-16(21)13-3-2-8-20(13)25(22,23)15-7-6-14(18)24-15/h4-7,9,13H,2-3,8H2,1H3,(H,19,21)/t13-/m0/s1. The second kappa shape index (κ2) is 7.36. The Labute approximate surface area is 164 Å². The summed E-state index contributed by atoms with van der Waals surface area (Å²) in [6, 6.07) is 7.88. The minimum atomic E-state index is -3.73. The van der Waals surface area contributed by atoms with Crippen molar-refractivity contribution in [2.45, 2.75) is 30.0 Å². The zero-order chi connectivity index (χ0) is 18.2. The van der Waals surface area contributed by atoms with Gasteiger partial charge in [0, 0.05) is 11.0 Å². The number of nitrogens with one attached hydrogen (secondary N) is 1. The van der Waals surface area contributed by atoms with Gasteiger partial charge in [0.15, 0.2) is 0 Å². The van der Waals surface area contributed by atoms with Gasteiger partial charge in [0.05, 0.1) is 10.0 Å². The molecule has 1 saturated heterocycles. The number of nitrogens with zero attached hydrogens (tertiary/aromatic N) is 1. The molecule has 1 aromatic heterocycles. The predicted molar refractivity (Wildman–Crippen MR) is 104 cm³/mol. The average molecular weight is 464 g/mol. The average Bonchev–Trinajstić information content (AvgIpc) is 3.19. The van der Waals surface area contributed by atoms with E-state index < -0.39 is 16.1 Å². The zero-order valence-corrected chi connectivity index (χ0v) is 17.3. The van der Waals surface area contributed by atoms with E-state index in [-0.39, 0.29) is 10.1 Å². The van der Waals surface area contributed by atoms with E-state index in [9.17, 15) is 13.2 Å². The number of sulfonamides is 1. The Bertz CT molecular complexity index is 914. The van der Waals surface area contributed by atoms with Crippen LogP contribution in [0, 0.1) is 6.92 Å². The zero-order valence-electron chi connectivity index (χ0n) is 13.3. The molecule has 25 heavy (non-hydrogen) atoms. The van der Waals surface area contributed by atoms with Crippen molar-refractivity contribution in [3.05, 3.63) is 44.7 Å². The van der Waals surface area contributed by atoms with Crippen LogP contribution in [0.5, 0.6) is 0 Å². The number of anilines is 1. The first-order valence-corrected chi connectivity index (χ1v) is 11.1. The third kappa shape index (κ3) is 3.93.